The van der Waals surface area contributed by atoms with Crippen molar-refractivity contribution in [2.75, 3.05) is 26.2 Å². The zero-order valence-electron chi connectivity index (χ0n) is 14.0. The Labute approximate surface area is 139 Å². The number of aromatic nitrogens is 2. The van der Waals surface area contributed by atoms with Crippen LogP contribution in [0, 0.1) is 11.3 Å². The maximum atomic E-state index is 5.83. The minimum atomic E-state index is -0.127. The van der Waals surface area contributed by atoms with Gasteiger partial charge < -0.3 is 15.0 Å². The first-order valence-electron chi connectivity index (χ1n) is 7.78. The van der Waals surface area contributed by atoms with Crippen LogP contribution < -0.4 is 5.73 Å². The van der Waals surface area contributed by atoms with Crippen molar-refractivity contribution < 1.29 is 9.26 Å². The molecule has 2 heterocycles. The highest BCUT2D eigenvalue weighted by Gasteiger charge is 2.33. The van der Waals surface area contributed by atoms with Crippen LogP contribution >= 0.6 is 12.4 Å². The van der Waals surface area contributed by atoms with E-state index in [9.17, 15) is 0 Å². The smallest absolute Gasteiger partial charge is 0.240 e. The Bertz CT molecular complexity index is 455. The molecule has 1 saturated heterocycles. The molecular weight excluding hydrogens is 304 g/mol. The van der Waals surface area contributed by atoms with Gasteiger partial charge in [-0.15, -0.1) is 12.4 Å². The fraction of sp³-hybridized carbons (Fsp3) is 0.867. The van der Waals surface area contributed by atoms with Gasteiger partial charge in [-0.1, -0.05) is 25.9 Å². The van der Waals surface area contributed by atoms with Crippen LogP contribution in [0.1, 0.15) is 51.9 Å². The lowest BCUT2D eigenvalue weighted by Crippen LogP contribution is -2.31. The SMILES string of the molecule is CC(C)COC(C)c1noc(CN2CCC(C)(CN)C2)n1.Cl. The summed E-state index contributed by atoms with van der Waals surface area (Å²) in [5.74, 6) is 1.79. The third-order valence-corrected chi connectivity index (χ3v) is 4.02. The summed E-state index contributed by atoms with van der Waals surface area (Å²) < 4.78 is 11.1. The topological polar surface area (TPSA) is 77.4 Å². The van der Waals surface area contributed by atoms with E-state index in [1.165, 1.54) is 0 Å². The molecule has 1 aromatic heterocycles. The summed E-state index contributed by atoms with van der Waals surface area (Å²) in [6, 6.07) is 0. The van der Waals surface area contributed by atoms with E-state index in [0.717, 1.165) is 26.1 Å². The van der Waals surface area contributed by atoms with Gasteiger partial charge in [0.2, 0.25) is 5.89 Å². The second kappa shape index (κ2) is 8.24. The van der Waals surface area contributed by atoms with Crippen LogP contribution in [-0.4, -0.2) is 41.3 Å². The summed E-state index contributed by atoms with van der Waals surface area (Å²) >= 11 is 0. The number of likely N-dealkylation sites (tertiary alicyclic amines) is 1. The van der Waals surface area contributed by atoms with Crippen molar-refractivity contribution in [3.63, 3.8) is 0 Å². The summed E-state index contributed by atoms with van der Waals surface area (Å²) in [5.41, 5.74) is 6.05. The lowest BCUT2D eigenvalue weighted by molar-refractivity contribution is 0.0402. The molecule has 128 valence electrons. The molecule has 22 heavy (non-hydrogen) atoms. The van der Waals surface area contributed by atoms with Gasteiger partial charge in [0, 0.05) is 13.2 Å². The molecule has 0 aliphatic carbocycles. The first kappa shape index (κ1) is 19.4. The van der Waals surface area contributed by atoms with Gasteiger partial charge in [0.15, 0.2) is 5.82 Å². The predicted molar refractivity (Wildman–Crippen MR) is 87.8 cm³/mol. The second-order valence-corrected chi connectivity index (χ2v) is 6.89. The van der Waals surface area contributed by atoms with E-state index in [2.05, 4.69) is 35.8 Å². The largest absolute Gasteiger partial charge is 0.370 e. The molecule has 6 nitrogen and oxygen atoms in total. The number of rotatable bonds is 7. The van der Waals surface area contributed by atoms with Gasteiger partial charge in [-0.3, -0.25) is 4.90 Å². The van der Waals surface area contributed by atoms with Crippen LogP contribution in [0.2, 0.25) is 0 Å². The first-order chi connectivity index (χ1) is 9.92. The van der Waals surface area contributed by atoms with Crippen LogP contribution in [0.3, 0.4) is 0 Å². The molecule has 0 bridgehead atoms. The second-order valence-electron chi connectivity index (χ2n) is 6.89. The molecule has 0 aromatic carbocycles. The molecule has 7 heteroatoms. The van der Waals surface area contributed by atoms with Crippen molar-refractivity contribution in [2.24, 2.45) is 17.1 Å². The fourth-order valence-corrected chi connectivity index (χ4v) is 2.53. The number of ether oxygens (including phenoxy) is 1. The fourth-order valence-electron chi connectivity index (χ4n) is 2.53. The van der Waals surface area contributed by atoms with Gasteiger partial charge in [0.25, 0.3) is 0 Å². The molecule has 0 spiro atoms. The van der Waals surface area contributed by atoms with Crippen LogP contribution in [0.15, 0.2) is 4.52 Å². The van der Waals surface area contributed by atoms with Crippen molar-refractivity contribution in [3.05, 3.63) is 11.7 Å². The Morgan fingerprint density at radius 1 is 1.41 bits per heavy atom. The van der Waals surface area contributed by atoms with Crippen molar-refractivity contribution in [1.29, 1.82) is 0 Å². The van der Waals surface area contributed by atoms with Gasteiger partial charge >= 0.3 is 0 Å². The molecule has 2 N–H and O–H groups in total. The van der Waals surface area contributed by atoms with Crippen molar-refractivity contribution >= 4 is 12.4 Å². The summed E-state index contributed by atoms with van der Waals surface area (Å²) in [6.07, 6.45) is 0.996. The number of nitrogens with two attached hydrogens (primary N) is 1. The van der Waals surface area contributed by atoms with Crippen LogP contribution in [0.25, 0.3) is 0 Å². The van der Waals surface area contributed by atoms with Gasteiger partial charge in [0.05, 0.1) is 6.54 Å². The van der Waals surface area contributed by atoms with Crippen molar-refractivity contribution in [1.82, 2.24) is 15.0 Å². The highest BCUT2D eigenvalue weighted by atomic mass is 35.5. The third kappa shape index (κ3) is 5.19. The van der Waals surface area contributed by atoms with E-state index in [4.69, 9.17) is 15.0 Å². The normalized spacial score (nSPS) is 23.7. The molecular formula is C15H29ClN4O2. The van der Waals surface area contributed by atoms with Crippen LogP contribution in [0.5, 0.6) is 0 Å². The Morgan fingerprint density at radius 3 is 2.73 bits per heavy atom. The molecule has 1 fully saturated rings. The monoisotopic (exact) mass is 332 g/mol. The molecule has 1 aliphatic rings. The van der Waals surface area contributed by atoms with E-state index in [0.29, 0.717) is 30.8 Å². The number of nitrogens with zero attached hydrogens (tertiary/aromatic N) is 3. The van der Waals surface area contributed by atoms with Gasteiger partial charge in [-0.05, 0) is 37.8 Å². The van der Waals surface area contributed by atoms with Gasteiger partial charge in [-0.25, -0.2) is 0 Å². The average molecular weight is 333 g/mol. The molecule has 0 radical (unpaired) electrons. The highest BCUT2D eigenvalue weighted by Crippen LogP contribution is 2.29. The Balaban J connectivity index is 0.00000242. The summed E-state index contributed by atoms with van der Waals surface area (Å²) in [6.45, 7) is 12.6. The summed E-state index contributed by atoms with van der Waals surface area (Å²) in [7, 11) is 0. The lowest BCUT2D eigenvalue weighted by Gasteiger charge is -2.21. The first-order valence-corrected chi connectivity index (χ1v) is 7.78. The summed E-state index contributed by atoms with van der Waals surface area (Å²) in [5, 5.41) is 4.03. The molecule has 2 unspecified atom stereocenters. The Hall–Kier alpha value is -0.690. The standard InChI is InChI=1S/C15H28N4O2.ClH/c1-11(2)8-20-12(3)14-17-13(21-18-14)7-19-6-5-15(4,9-16)10-19;/h11-12H,5-10,16H2,1-4H3;1H. The zero-order valence-corrected chi connectivity index (χ0v) is 14.9. The maximum absolute atomic E-state index is 5.83. The van der Waals surface area contributed by atoms with Gasteiger partial charge in [-0.2, -0.15) is 4.98 Å². The Morgan fingerprint density at radius 2 is 2.14 bits per heavy atom. The molecule has 2 atom stereocenters. The summed E-state index contributed by atoms with van der Waals surface area (Å²) in [4.78, 5) is 6.77. The quantitative estimate of drug-likeness (QED) is 0.826. The Kier molecular flexibility index (Phi) is 7.25. The minimum Gasteiger partial charge on any atom is -0.370 e. The van der Waals surface area contributed by atoms with E-state index in [1.807, 2.05) is 6.92 Å². The van der Waals surface area contributed by atoms with E-state index in [-0.39, 0.29) is 23.9 Å². The average Bonchev–Trinajstić information content (AvgIpc) is 3.04. The number of hydrogen-bond donors (Lipinski definition) is 1. The van der Waals surface area contributed by atoms with Crippen molar-refractivity contribution in [3.8, 4) is 0 Å². The lowest BCUT2D eigenvalue weighted by atomic mass is 9.90. The molecule has 1 aliphatic heterocycles. The predicted octanol–water partition coefficient (Wildman–Crippen LogP) is 2.40. The van der Waals surface area contributed by atoms with Crippen LogP contribution in [-0.2, 0) is 11.3 Å². The minimum absolute atomic E-state index is 0. The number of hydrogen-bond acceptors (Lipinski definition) is 6. The van der Waals surface area contributed by atoms with E-state index < -0.39 is 0 Å². The molecule has 1 aromatic rings. The van der Waals surface area contributed by atoms with Crippen molar-refractivity contribution in [2.45, 2.75) is 46.8 Å². The molecule has 0 saturated carbocycles. The highest BCUT2D eigenvalue weighted by molar-refractivity contribution is 5.85. The van der Waals surface area contributed by atoms with Crippen LogP contribution in [0.4, 0.5) is 0 Å². The number of halogens is 1. The molecule has 2 rings (SSSR count). The van der Waals surface area contributed by atoms with E-state index >= 15 is 0 Å². The maximum Gasteiger partial charge on any atom is 0.240 e. The van der Waals surface area contributed by atoms with E-state index in [1.54, 1.807) is 0 Å². The third-order valence-electron chi connectivity index (χ3n) is 4.02. The van der Waals surface area contributed by atoms with Gasteiger partial charge in [0.1, 0.15) is 6.10 Å². The zero-order chi connectivity index (χ0) is 15.5. The molecule has 0 amide bonds.